The van der Waals surface area contributed by atoms with Gasteiger partial charge < -0.3 is 20.7 Å². The van der Waals surface area contributed by atoms with Crippen LogP contribution in [0.4, 0.5) is 41.2 Å². The Balaban J connectivity index is 1.86. The molecule has 11 nitrogen and oxygen atoms in total. The number of H-pyrrole nitrogens is 1. The lowest BCUT2D eigenvalue weighted by molar-refractivity contribution is -0.137. The third-order valence-corrected chi connectivity index (χ3v) is 6.20. The summed E-state index contributed by atoms with van der Waals surface area (Å²) in [6.07, 6.45) is -5.38. The Morgan fingerprint density at radius 1 is 1.21 bits per heavy atom. The van der Waals surface area contributed by atoms with Crippen molar-refractivity contribution in [1.82, 2.24) is 20.1 Å². The number of nitrogens with one attached hydrogen (secondary N) is 2. The van der Waals surface area contributed by atoms with E-state index in [9.17, 15) is 26.7 Å². The van der Waals surface area contributed by atoms with Crippen LogP contribution in [0.15, 0.2) is 36.4 Å². The molecule has 0 aliphatic rings. The molecule has 16 heteroatoms. The summed E-state index contributed by atoms with van der Waals surface area (Å²) >= 11 is 3.82. The number of halogens is 4. The molecule has 0 bridgehead atoms. The summed E-state index contributed by atoms with van der Waals surface area (Å²) in [5.41, 5.74) is 3.79. The van der Waals surface area contributed by atoms with Crippen molar-refractivity contribution in [2.24, 2.45) is 0 Å². The van der Waals surface area contributed by atoms with E-state index in [2.05, 4.69) is 20.5 Å². The van der Waals surface area contributed by atoms with Crippen LogP contribution in [0.2, 0.25) is 5.02 Å². The number of nitrogens with zero attached hydrogens (tertiary/aromatic N) is 4. The second-order valence-electron chi connectivity index (χ2n) is 9.33. The molecule has 0 spiro atoms. The standard InChI is InChI=1S/C23H27ClF3N7O4S/c1-22(2,3)38-21(35)33(4)9-10-34(39(36)37)15-7-5-13(6-8-15)18-16(23(25,26)27)11-14(12-17(18)24)29-20-30-19(28)31-32-20/h5-8,11-12H,9-10H2,1-4H3,(H,36,37)(H4,28,29,30,31,32). The third kappa shape index (κ3) is 7.97. The fourth-order valence-corrected chi connectivity index (χ4v) is 4.29. The summed E-state index contributed by atoms with van der Waals surface area (Å²) in [5, 5.41) is 8.51. The Bertz CT molecular complexity index is 1350. The lowest BCUT2D eigenvalue weighted by atomic mass is 9.98. The van der Waals surface area contributed by atoms with E-state index in [4.69, 9.17) is 22.1 Å². The van der Waals surface area contributed by atoms with Gasteiger partial charge >= 0.3 is 12.3 Å². The predicted molar refractivity (Wildman–Crippen MR) is 143 cm³/mol. The van der Waals surface area contributed by atoms with Crippen LogP contribution in [-0.4, -0.2) is 60.7 Å². The van der Waals surface area contributed by atoms with E-state index < -0.39 is 34.7 Å². The highest BCUT2D eigenvalue weighted by atomic mass is 35.5. The molecular weight excluding hydrogens is 563 g/mol. The summed E-state index contributed by atoms with van der Waals surface area (Å²) in [6.45, 7) is 5.12. The van der Waals surface area contributed by atoms with Gasteiger partial charge in [0.1, 0.15) is 5.60 Å². The van der Waals surface area contributed by atoms with E-state index in [0.717, 1.165) is 10.4 Å². The lowest BCUT2D eigenvalue weighted by Crippen LogP contribution is -2.39. The van der Waals surface area contributed by atoms with Gasteiger partial charge in [0, 0.05) is 24.8 Å². The maximum atomic E-state index is 14.0. The van der Waals surface area contributed by atoms with Crippen molar-refractivity contribution in [3.8, 4) is 11.1 Å². The number of aromatic amines is 1. The fourth-order valence-electron chi connectivity index (χ4n) is 3.42. The second-order valence-corrected chi connectivity index (χ2v) is 10.6. The Labute approximate surface area is 229 Å². The molecule has 1 aromatic heterocycles. The highest BCUT2D eigenvalue weighted by molar-refractivity contribution is 7.80. The number of ether oxygens (including phenoxy) is 1. The van der Waals surface area contributed by atoms with Crippen LogP contribution in [0, 0.1) is 0 Å². The van der Waals surface area contributed by atoms with Crippen LogP contribution in [-0.2, 0) is 22.2 Å². The number of carbonyl (C=O) groups is 1. The first-order valence-electron chi connectivity index (χ1n) is 11.3. The number of benzene rings is 2. The molecule has 5 N–H and O–H groups in total. The van der Waals surface area contributed by atoms with Crippen molar-refractivity contribution in [3.05, 3.63) is 47.0 Å². The zero-order valence-corrected chi connectivity index (χ0v) is 22.9. The maximum Gasteiger partial charge on any atom is 0.417 e. The van der Waals surface area contributed by atoms with Gasteiger partial charge in [-0.05, 0) is 50.6 Å². The number of alkyl halides is 3. The number of anilines is 4. The number of nitrogens with two attached hydrogens (primary N) is 1. The molecule has 0 saturated heterocycles. The number of hydrogen-bond donors (Lipinski definition) is 4. The van der Waals surface area contributed by atoms with Crippen molar-refractivity contribution in [2.45, 2.75) is 32.5 Å². The van der Waals surface area contributed by atoms with Crippen molar-refractivity contribution in [3.63, 3.8) is 0 Å². The minimum atomic E-state index is -4.77. The van der Waals surface area contributed by atoms with E-state index in [-0.39, 0.29) is 52.5 Å². The second kappa shape index (κ2) is 11.7. The summed E-state index contributed by atoms with van der Waals surface area (Å²) in [6, 6.07) is 7.63. The van der Waals surface area contributed by atoms with Crippen LogP contribution in [0.25, 0.3) is 11.1 Å². The first-order valence-corrected chi connectivity index (χ1v) is 12.8. The van der Waals surface area contributed by atoms with Crippen molar-refractivity contribution >= 4 is 52.2 Å². The molecule has 3 rings (SSSR count). The number of hydrogen-bond acceptors (Lipinski definition) is 7. The highest BCUT2D eigenvalue weighted by Crippen LogP contribution is 2.43. The largest absolute Gasteiger partial charge is 0.444 e. The van der Waals surface area contributed by atoms with E-state index in [0.29, 0.717) is 0 Å². The van der Waals surface area contributed by atoms with Crippen molar-refractivity contribution in [1.29, 1.82) is 0 Å². The van der Waals surface area contributed by atoms with Crippen LogP contribution < -0.4 is 15.4 Å². The third-order valence-electron chi connectivity index (χ3n) is 5.13. The van der Waals surface area contributed by atoms with Gasteiger partial charge in [-0.1, -0.05) is 23.7 Å². The molecule has 1 unspecified atom stereocenters. The van der Waals surface area contributed by atoms with Crippen LogP contribution in [0.5, 0.6) is 0 Å². The van der Waals surface area contributed by atoms with E-state index in [1.54, 1.807) is 20.8 Å². The molecular formula is C23H27ClF3N7O4S. The Morgan fingerprint density at radius 3 is 2.36 bits per heavy atom. The highest BCUT2D eigenvalue weighted by Gasteiger charge is 2.35. The number of nitrogen functional groups attached to an aromatic ring is 1. The van der Waals surface area contributed by atoms with E-state index >= 15 is 0 Å². The van der Waals surface area contributed by atoms with Crippen LogP contribution >= 0.6 is 11.6 Å². The number of likely N-dealkylation sites (N-methyl/N-ethyl adjacent to an activating group) is 1. The SMILES string of the molecule is CN(CCN(c1ccc(-c2c(Cl)cc(Nc3n[nH]c(N)n3)cc2C(F)(F)F)cc1)S(=O)O)C(=O)OC(C)(C)C. The van der Waals surface area contributed by atoms with E-state index in [1.807, 2.05) is 0 Å². The van der Waals surface area contributed by atoms with E-state index in [1.165, 1.54) is 42.3 Å². The van der Waals surface area contributed by atoms with Crippen molar-refractivity contribution < 1.29 is 31.5 Å². The molecule has 39 heavy (non-hydrogen) atoms. The minimum Gasteiger partial charge on any atom is -0.444 e. The van der Waals surface area contributed by atoms with Crippen molar-refractivity contribution in [2.75, 3.05) is 35.5 Å². The maximum absolute atomic E-state index is 14.0. The average Bonchev–Trinajstić information content (AvgIpc) is 3.21. The van der Waals surface area contributed by atoms with Gasteiger partial charge in [0.2, 0.25) is 11.9 Å². The summed E-state index contributed by atoms with van der Waals surface area (Å²) in [5.74, 6) is -0.0612. The summed E-state index contributed by atoms with van der Waals surface area (Å²) in [4.78, 5) is 17.2. The molecule has 3 aromatic rings. The minimum absolute atomic E-state index is 0.0114. The monoisotopic (exact) mass is 589 g/mol. The van der Waals surface area contributed by atoms with Gasteiger partial charge in [0.05, 0.1) is 22.8 Å². The number of amides is 1. The molecule has 1 amide bonds. The summed E-state index contributed by atoms with van der Waals surface area (Å²) < 4.78 is 70.2. The molecule has 2 aromatic carbocycles. The number of aromatic nitrogens is 3. The van der Waals surface area contributed by atoms with Gasteiger partial charge in [-0.2, -0.15) is 18.2 Å². The van der Waals surface area contributed by atoms with Crippen LogP contribution in [0.3, 0.4) is 0 Å². The predicted octanol–water partition coefficient (Wildman–Crippen LogP) is 5.28. The molecule has 0 saturated carbocycles. The van der Waals surface area contributed by atoms with Gasteiger partial charge in [-0.25, -0.2) is 14.1 Å². The number of rotatable bonds is 8. The van der Waals surface area contributed by atoms with Gasteiger partial charge in [0.25, 0.3) is 11.3 Å². The summed E-state index contributed by atoms with van der Waals surface area (Å²) in [7, 11) is 1.48. The average molecular weight is 590 g/mol. The van der Waals surface area contributed by atoms with Gasteiger partial charge in [-0.3, -0.25) is 8.86 Å². The first kappa shape index (κ1) is 30.0. The molecule has 0 radical (unpaired) electrons. The lowest BCUT2D eigenvalue weighted by Gasteiger charge is -2.27. The molecule has 1 heterocycles. The van der Waals surface area contributed by atoms with Gasteiger partial charge in [-0.15, -0.1) is 5.10 Å². The quantitative estimate of drug-likeness (QED) is 0.259. The van der Waals surface area contributed by atoms with Gasteiger partial charge in [0.15, 0.2) is 0 Å². The zero-order valence-electron chi connectivity index (χ0n) is 21.3. The number of carbonyl (C=O) groups excluding carboxylic acids is 1. The molecule has 1 atom stereocenters. The molecule has 0 fully saturated rings. The Morgan fingerprint density at radius 2 is 1.85 bits per heavy atom. The fraction of sp³-hybridized carbons (Fsp3) is 0.348. The smallest absolute Gasteiger partial charge is 0.417 e. The normalized spacial score (nSPS) is 12.6. The Kier molecular flexibility index (Phi) is 8.98. The van der Waals surface area contributed by atoms with Crippen LogP contribution in [0.1, 0.15) is 26.3 Å². The molecule has 0 aliphatic carbocycles. The first-order chi connectivity index (χ1) is 18.0. The topological polar surface area (TPSA) is 150 Å². The Hall–Kier alpha value is -3.56. The zero-order chi connectivity index (χ0) is 29.1. The molecule has 212 valence electrons. The molecule has 0 aliphatic heterocycles.